The molecule has 1 saturated heterocycles. The lowest BCUT2D eigenvalue weighted by molar-refractivity contribution is -0.138. The molecule has 6 rings (SSSR count). The first-order valence-corrected chi connectivity index (χ1v) is 11.7. The summed E-state index contributed by atoms with van der Waals surface area (Å²) in [5, 5.41) is 8.04. The van der Waals surface area contributed by atoms with Crippen molar-refractivity contribution in [3.63, 3.8) is 0 Å². The van der Waals surface area contributed by atoms with E-state index in [1.807, 2.05) is 16.8 Å². The van der Waals surface area contributed by atoms with Crippen molar-refractivity contribution in [2.24, 2.45) is 5.92 Å². The van der Waals surface area contributed by atoms with Crippen LogP contribution in [-0.4, -0.2) is 58.1 Å². The minimum absolute atomic E-state index is 0.0232. The van der Waals surface area contributed by atoms with Gasteiger partial charge in [0.2, 0.25) is 5.91 Å². The van der Waals surface area contributed by atoms with Gasteiger partial charge in [0.25, 0.3) is 0 Å². The predicted molar refractivity (Wildman–Crippen MR) is 124 cm³/mol. The van der Waals surface area contributed by atoms with E-state index in [4.69, 9.17) is 4.98 Å². The molecule has 7 nitrogen and oxygen atoms in total. The maximum Gasteiger partial charge on any atom is 0.229 e. The van der Waals surface area contributed by atoms with Gasteiger partial charge in [0.1, 0.15) is 5.82 Å². The number of hydrogen-bond donors (Lipinski definition) is 1. The Hall–Kier alpha value is -2.93. The first-order valence-electron chi connectivity index (χ1n) is 11.7. The number of nitrogens with one attached hydrogen (secondary N) is 1. The van der Waals surface area contributed by atoms with Gasteiger partial charge in [-0.25, -0.2) is 4.98 Å². The predicted octanol–water partition coefficient (Wildman–Crippen LogP) is 2.17. The van der Waals surface area contributed by atoms with Crippen molar-refractivity contribution in [2.45, 2.75) is 38.6 Å². The van der Waals surface area contributed by atoms with Gasteiger partial charge in [0.15, 0.2) is 5.65 Å². The first-order chi connectivity index (χ1) is 15.5. The molecule has 0 unspecified atom stereocenters. The number of fused-ring (bicyclic) bond motifs is 3. The Labute approximate surface area is 188 Å². The molecule has 3 aliphatic heterocycles. The molecule has 1 N–H and O–H groups in total. The fourth-order valence-electron chi connectivity index (χ4n) is 5.70. The van der Waals surface area contributed by atoms with E-state index in [0.717, 1.165) is 57.0 Å². The van der Waals surface area contributed by atoms with Crippen LogP contribution in [0.4, 0.5) is 5.82 Å². The molecule has 0 atom stereocenters. The fourth-order valence-corrected chi connectivity index (χ4v) is 5.70. The summed E-state index contributed by atoms with van der Waals surface area (Å²) in [6.07, 6.45) is 3.70. The Bertz CT molecular complexity index is 1190. The number of nitrogens with zero attached hydrogens (tertiary/aromatic N) is 5. The average molecular weight is 431 g/mol. The van der Waals surface area contributed by atoms with Crippen LogP contribution < -0.4 is 10.2 Å². The zero-order chi connectivity index (χ0) is 21.9. The Morgan fingerprint density at radius 1 is 1.12 bits per heavy atom. The normalized spacial score (nSPS) is 20.4. The summed E-state index contributed by atoms with van der Waals surface area (Å²) in [4.78, 5) is 22.7. The van der Waals surface area contributed by atoms with Crippen LogP contribution in [0, 0.1) is 5.92 Å². The van der Waals surface area contributed by atoms with Crippen molar-refractivity contribution in [1.29, 1.82) is 0 Å². The number of anilines is 1. The zero-order valence-electron chi connectivity index (χ0n) is 18.8. The molecule has 0 saturated carbocycles. The quantitative estimate of drug-likeness (QED) is 0.675. The maximum absolute atomic E-state index is 13.5. The lowest BCUT2D eigenvalue weighted by atomic mass is 9.78. The molecule has 3 aromatic rings. The highest BCUT2D eigenvalue weighted by atomic mass is 16.2. The fraction of sp³-hybridized carbons (Fsp3) is 0.480. The van der Waals surface area contributed by atoms with E-state index in [0.29, 0.717) is 6.54 Å². The number of rotatable bonds is 2. The van der Waals surface area contributed by atoms with Gasteiger partial charge < -0.3 is 15.1 Å². The molecule has 1 amide bonds. The van der Waals surface area contributed by atoms with Crippen LogP contribution in [0.2, 0.25) is 0 Å². The van der Waals surface area contributed by atoms with E-state index < -0.39 is 0 Å². The number of amides is 1. The Kier molecular flexibility index (Phi) is 4.50. The molecule has 7 heteroatoms. The summed E-state index contributed by atoms with van der Waals surface area (Å²) in [6, 6.07) is 10.5. The molecule has 3 aliphatic rings. The molecule has 1 fully saturated rings. The van der Waals surface area contributed by atoms with Crippen molar-refractivity contribution in [2.75, 3.05) is 37.6 Å². The summed E-state index contributed by atoms with van der Waals surface area (Å²) in [7, 11) is 0. The van der Waals surface area contributed by atoms with Crippen LogP contribution in [0.3, 0.4) is 0 Å². The van der Waals surface area contributed by atoms with Gasteiger partial charge >= 0.3 is 0 Å². The van der Waals surface area contributed by atoms with Gasteiger partial charge in [0, 0.05) is 56.2 Å². The molecule has 0 aliphatic carbocycles. The van der Waals surface area contributed by atoms with E-state index in [1.54, 1.807) is 0 Å². The molecular weight excluding hydrogens is 400 g/mol. The van der Waals surface area contributed by atoms with Crippen molar-refractivity contribution < 1.29 is 4.79 Å². The summed E-state index contributed by atoms with van der Waals surface area (Å²) >= 11 is 0. The smallest absolute Gasteiger partial charge is 0.229 e. The van der Waals surface area contributed by atoms with E-state index >= 15 is 0 Å². The van der Waals surface area contributed by atoms with Crippen LogP contribution in [0.5, 0.6) is 0 Å². The molecule has 0 spiro atoms. The first kappa shape index (κ1) is 19.7. The molecular formula is C25H30N6O. The van der Waals surface area contributed by atoms with Crippen molar-refractivity contribution >= 4 is 17.4 Å². The molecule has 32 heavy (non-hydrogen) atoms. The van der Waals surface area contributed by atoms with Crippen molar-refractivity contribution in [1.82, 2.24) is 24.8 Å². The standard InChI is InChI=1S/C25H30N6O/c1-25(2)16-30(13-17-5-3-4-6-20(17)25)24(32)18-14-29(15-18)23-19-7-10-26-11-8-21(19)28-22-9-12-27-31(22)23/h3-6,9,12,18,26H,7-8,10-11,13-16H2,1-2H3. The van der Waals surface area contributed by atoms with E-state index in [9.17, 15) is 4.79 Å². The molecule has 5 heterocycles. The Morgan fingerprint density at radius 3 is 2.81 bits per heavy atom. The third kappa shape index (κ3) is 3.10. The minimum Gasteiger partial charge on any atom is -0.354 e. The molecule has 2 aromatic heterocycles. The topological polar surface area (TPSA) is 65.8 Å². The van der Waals surface area contributed by atoms with E-state index in [-0.39, 0.29) is 17.2 Å². The van der Waals surface area contributed by atoms with E-state index in [2.05, 4.69) is 58.3 Å². The monoisotopic (exact) mass is 430 g/mol. The number of carbonyl (C=O) groups excluding carboxylic acids is 1. The zero-order valence-corrected chi connectivity index (χ0v) is 18.8. The second kappa shape index (κ2) is 7.30. The van der Waals surface area contributed by atoms with Crippen molar-refractivity contribution in [3.05, 3.63) is 58.9 Å². The van der Waals surface area contributed by atoms with Crippen LogP contribution in [-0.2, 0) is 29.6 Å². The average Bonchev–Trinajstić information content (AvgIpc) is 3.08. The van der Waals surface area contributed by atoms with Crippen LogP contribution in [0.1, 0.15) is 36.2 Å². The van der Waals surface area contributed by atoms with Gasteiger partial charge in [-0.05, 0) is 24.1 Å². The summed E-state index contributed by atoms with van der Waals surface area (Å²) in [6.45, 7) is 9.38. The SMILES string of the molecule is CC1(C)CN(C(=O)C2CN(c3c4c(nc5ccnn35)CCNCC4)C2)Cc2ccccc21. The Balaban J connectivity index is 1.24. The van der Waals surface area contributed by atoms with Crippen LogP contribution in [0.25, 0.3) is 5.65 Å². The second-order valence-electron chi connectivity index (χ2n) is 10.0. The summed E-state index contributed by atoms with van der Waals surface area (Å²) in [5.74, 6) is 1.45. The molecule has 1 aromatic carbocycles. The van der Waals surface area contributed by atoms with Crippen LogP contribution in [0.15, 0.2) is 36.5 Å². The van der Waals surface area contributed by atoms with Crippen molar-refractivity contribution in [3.8, 4) is 0 Å². The number of hydrogen-bond acceptors (Lipinski definition) is 5. The molecule has 166 valence electrons. The van der Waals surface area contributed by atoms with Gasteiger partial charge in [-0.1, -0.05) is 38.1 Å². The van der Waals surface area contributed by atoms with Gasteiger partial charge in [-0.3, -0.25) is 4.79 Å². The third-order valence-electron chi connectivity index (χ3n) is 7.32. The minimum atomic E-state index is -0.0232. The lowest BCUT2D eigenvalue weighted by Gasteiger charge is -2.46. The number of carbonyl (C=O) groups is 1. The highest BCUT2D eigenvalue weighted by Gasteiger charge is 2.41. The van der Waals surface area contributed by atoms with Gasteiger partial charge in [-0.15, -0.1) is 0 Å². The second-order valence-corrected chi connectivity index (χ2v) is 10.0. The lowest BCUT2D eigenvalue weighted by Crippen LogP contribution is -2.57. The molecule has 0 bridgehead atoms. The maximum atomic E-state index is 13.5. The number of aromatic nitrogens is 3. The van der Waals surface area contributed by atoms with Gasteiger partial charge in [0.05, 0.1) is 17.8 Å². The highest BCUT2D eigenvalue weighted by Crippen LogP contribution is 2.36. The Morgan fingerprint density at radius 2 is 1.94 bits per heavy atom. The molecule has 0 radical (unpaired) electrons. The number of benzene rings is 1. The summed E-state index contributed by atoms with van der Waals surface area (Å²) < 4.78 is 1.96. The summed E-state index contributed by atoms with van der Waals surface area (Å²) in [5.41, 5.74) is 5.97. The highest BCUT2D eigenvalue weighted by molar-refractivity contribution is 5.83. The van der Waals surface area contributed by atoms with Gasteiger partial charge in [-0.2, -0.15) is 9.61 Å². The van der Waals surface area contributed by atoms with Crippen LogP contribution >= 0.6 is 0 Å². The largest absolute Gasteiger partial charge is 0.354 e. The van der Waals surface area contributed by atoms with E-state index in [1.165, 1.54) is 22.4 Å². The third-order valence-corrected chi connectivity index (χ3v) is 7.32.